The SMILES string of the molecule is COC(=O)/C(C#N)=C\c1ccc(OC(=O)CCCOc2ccc(C)cc2)c(OC)c1. The zero-order valence-electron chi connectivity index (χ0n) is 17.1. The number of rotatable bonds is 9. The molecule has 0 radical (unpaired) electrons. The molecule has 2 rings (SSSR count). The molecule has 0 aliphatic heterocycles. The summed E-state index contributed by atoms with van der Waals surface area (Å²) < 4.78 is 20.8. The predicted octanol–water partition coefficient (Wildman–Crippen LogP) is 3.85. The van der Waals surface area contributed by atoms with E-state index in [9.17, 15) is 9.59 Å². The third-order valence-electron chi connectivity index (χ3n) is 4.06. The first-order valence-corrected chi connectivity index (χ1v) is 9.25. The quantitative estimate of drug-likeness (QED) is 0.204. The molecule has 0 saturated heterocycles. The van der Waals surface area contributed by atoms with Gasteiger partial charge in [0.05, 0.1) is 20.8 Å². The first-order chi connectivity index (χ1) is 14.5. The maximum Gasteiger partial charge on any atom is 0.348 e. The lowest BCUT2D eigenvalue weighted by Gasteiger charge is -2.10. The van der Waals surface area contributed by atoms with E-state index in [4.69, 9.17) is 19.5 Å². The van der Waals surface area contributed by atoms with Crippen LogP contribution in [0.5, 0.6) is 17.2 Å². The summed E-state index contributed by atoms with van der Waals surface area (Å²) in [7, 11) is 2.63. The van der Waals surface area contributed by atoms with Crippen LogP contribution in [0.25, 0.3) is 6.08 Å². The molecule has 2 aromatic rings. The summed E-state index contributed by atoms with van der Waals surface area (Å²) in [4.78, 5) is 23.6. The molecule has 0 spiro atoms. The van der Waals surface area contributed by atoms with Gasteiger partial charge in [-0.05, 0) is 49.2 Å². The van der Waals surface area contributed by atoms with Gasteiger partial charge < -0.3 is 18.9 Å². The molecule has 0 heterocycles. The molecule has 0 atom stereocenters. The molecule has 7 heteroatoms. The van der Waals surface area contributed by atoms with Gasteiger partial charge in [-0.1, -0.05) is 23.8 Å². The van der Waals surface area contributed by atoms with Crippen LogP contribution in [0.4, 0.5) is 0 Å². The number of aryl methyl sites for hydroxylation is 1. The van der Waals surface area contributed by atoms with Crippen LogP contribution in [-0.4, -0.2) is 32.8 Å². The predicted molar refractivity (Wildman–Crippen MR) is 110 cm³/mol. The highest BCUT2D eigenvalue weighted by atomic mass is 16.6. The molecule has 0 aliphatic carbocycles. The van der Waals surface area contributed by atoms with Crippen molar-refractivity contribution in [2.45, 2.75) is 19.8 Å². The molecule has 0 N–H and O–H groups in total. The first kappa shape index (κ1) is 22.5. The lowest BCUT2D eigenvalue weighted by molar-refractivity contribution is -0.136. The van der Waals surface area contributed by atoms with Crippen molar-refractivity contribution < 1.29 is 28.5 Å². The Morgan fingerprint density at radius 2 is 1.80 bits per heavy atom. The van der Waals surface area contributed by atoms with Crippen molar-refractivity contribution in [2.75, 3.05) is 20.8 Å². The van der Waals surface area contributed by atoms with Gasteiger partial charge in [-0.2, -0.15) is 5.26 Å². The van der Waals surface area contributed by atoms with E-state index in [0.717, 1.165) is 11.3 Å². The maximum absolute atomic E-state index is 12.1. The van der Waals surface area contributed by atoms with Gasteiger partial charge in [0, 0.05) is 6.42 Å². The third kappa shape index (κ3) is 6.67. The van der Waals surface area contributed by atoms with E-state index in [1.54, 1.807) is 18.2 Å². The van der Waals surface area contributed by atoms with Gasteiger partial charge in [0.25, 0.3) is 0 Å². The van der Waals surface area contributed by atoms with Crippen LogP contribution < -0.4 is 14.2 Å². The van der Waals surface area contributed by atoms with Crippen LogP contribution in [0.1, 0.15) is 24.0 Å². The van der Waals surface area contributed by atoms with Crippen LogP contribution in [-0.2, 0) is 14.3 Å². The Labute approximate surface area is 175 Å². The van der Waals surface area contributed by atoms with Crippen molar-refractivity contribution in [1.29, 1.82) is 5.26 Å². The van der Waals surface area contributed by atoms with Crippen molar-refractivity contribution >= 4 is 18.0 Å². The molecule has 7 nitrogen and oxygen atoms in total. The van der Waals surface area contributed by atoms with Gasteiger partial charge >= 0.3 is 11.9 Å². The standard InChI is InChI=1S/C23H23NO6/c1-16-6-9-19(10-7-16)29-12-4-5-22(25)30-20-11-8-17(14-21(20)27-2)13-18(15-24)23(26)28-3/h6-11,13-14H,4-5,12H2,1-3H3/b18-13-. The zero-order valence-corrected chi connectivity index (χ0v) is 17.1. The minimum atomic E-state index is -0.736. The van der Waals surface area contributed by atoms with Crippen molar-refractivity contribution in [3.63, 3.8) is 0 Å². The average molecular weight is 409 g/mol. The third-order valence-corrected chi connectivity index (χ3v) is 4.06. The number of hydrogen-bond donors (Lipinski definition) is 0. The van der Waals surface area contributed by atoms with Gasteiger partial charge in [0.1, 0.15) is 17.4 Å². The number of benzene rings is 2. The molecular weight excluding hydrogens is 386 g/mol. The highest BCUT2D eigenvalue weighted by molar-refractivity contribution is 5.97. The minimum Gasteiger partial charge on any atom is -0.494 e. The summed E-state index contributed by atoms with van der Waals surface area (Å²) in [6.45, 7) is 2.39. The Balaban J connectivity index is 1.93. The second kappa shape index (κ2) is 11.3. The average Bonchev–Trinajstić information content (AvgIpc) is 2.76. The fourth-order valence-electron chi connectivity index (χ4n) is 2.49. The van der Waals surface area contributed by atoms with Crippen LogP contribution in [0, 0.1) is 18.3 Å². The number of carbonyl (C=O) groups is 2. The first-order valence-electron chi connectivity index (χ1n) is 9.25. The number of nitrogens with zero attached hydrogens (tertiary/aromatic N) is 1. The van der Waals surface area contributed by atoms with Gasteiger partial charge in [-0.25, -0.2) is 4.79 Å². The molecule has 0 fully saturated rings. The van der Waals surface area contributed by atoms with Gasteiger partial charge in [0.15, 0.2) is 11.5 Å². The fraction of sp³-hybridized carbons (Fsp3) is 0.261. The summed E-state index contributed by atoms with van der Waals surface area (Å²) >= 11 is 0. The molecule has 0 bridgehead atoms. The van der Waals surface area contributed by atoms with Crippen LogP contribution >= 0.6 is 0 Å². The van der Waals surface area contributed by atoms with Crippen molar-refractivity contribution in [1.82, 2.24) is 0 Å². The number of hydrogen-bond acceptors (Lipinski definition) is 7. The van der Waals surface area contributed by atoms with Gasteiger partial charge in [0.2, 0.25) is 0 Å². The van der Waals surface area contributed by atoms with Gasteiger partial charge in [-0.15, -0.1) is 0 Å². The van der Waals surface area contributed by atoms with Crippen LogP contribution in [0.3, 0.4) is 0 Å². The molecule has 0 saturated carbocycles. The van der Waals surface area contributed by atoms with Crippen molar-refractivity contribution in [2.24, 2.45) is 0 Å². The highest BCUT2D eigenvalue weighted by Gasteiger charge is 2.13. The maximum atomic E-state index is 12.1. The Hall–Kier alpha value is -3.79. The lowest BCUT2D eigenvalue weighted by atomic mass is 10.1. The van der Waals surface area contributed by atoms with E-state index >= 15 is 0 Å². The fourth-order valence-corrected chi connectivity index (χ4v) is 2.49. The molecule has 30 heavy (non-hydrogen) atoms. The number of carbonyl (C=O) groups excluding carboxylic acids is 2. The molecular formula is C23H23NO6. The largest absolute Gasteiger partial charge is 0.494 e. The Morgan fingerprint density at radius 3 is 2.43 bits per heavy atom. The van der Waals surface area contributed by atoms with E-state index in [1.165, 1.54) is 26.4 Å². The number of methoxy groups -OCH3 is 2. The number of nitriles is 1. The van der Waals surface area contributed by atoms with E-state index < -0.39 is 11.9 Å². The molecule has 0 amide bonds. The van der Waals surface area contributed by atoms with Crippen molar-refractivity contribution in [3.05, 3.63) is 59.2 Å². The molecule has 0 aromatic heterocycles. The number of esters is 2. The summed E-state index contributed by atoms with van der Waals surface area (Å²) in [5.74, 6) is 0.144. The topological polar surface area (TPSA) is 94.9 Å². The number of ether oxygens (including phenoxy) is 4. The Bertz CT molecular complexity index is 957. The van der Waals surface area contributed by atoms with E-state index in [0.29, 0.717) is 24.3 Å². The zero-order chi connectivity index (χ0) is 21.9. The van der Waals surface area contributed by atoms with E-state index in [-0.39, 0.29) is 17.7 Å². The lowest BCUT2D eigenvalue weighted by Crippen LogP contribution is -2.10. The molecule has 2 aromatic carbocycles. The molecule has 0 unspecified atom stereocenters. The van der Waals surface area contributed by atoms with Crippen LogP contribution in [0.15, 0.2) is 48.0 Å². The second-order valence-corrected chi connectivity index (χ2v) is 6.31. The minimum absolute atomic E-state index is 0.155. The smallest absolute Gasteiger partial charge is 0.348 e. The Kier molecular flexibility index (Phi) is 8.45. The Morgan fingerprint density at radius 1 is 1.07 bits per heavy atom. The summed E-state index contributed by atoms with van der Waals surface area (Å²) in [5, 5.41) is 9.05. The van der Waals surface area contributed by atoms with Crippen molar-refractivity contribution in [3.8, 4) is 23.3 Å². The van der Waals surface area contributed by atoms with E-state index in [2.05, 4.69) is 4.74 Å². The summed E-state index contributed by atoms with van der Waals surface area (Å²) in [5.41, 5.74) is 1.52. The second-order valence-electron chi connectivity index (χ2n) is 6.31. The van der Waals surface area contributed by atoms with Crippen LogP contribution in [0.2, 0.25) is 0 Å². The van der Waals surface area contributed by atoms with E-state index in [1.807, 2.05) is 31.2 Å². The molecule has 0 aliphatic rings. The highest BCUT2D eigenvalue weighted by Crippen LogP contribution is 2.29. The monoisotopic (exact) mass is 409 g/mol. The summed E-state index contributed by atoms with van der Waals surface area (Å²) in [6, 6.07) is 14.2. The molecule has 156 valence electrons. The summed E-state index contributed by atoms with van der Waals surface area (Å²) in [6.07, 6.45) is 2.04. The van der Waals surface area contributed by atoms with Gasteiger partial charge in [-0.3, -0.25) is 4.79 Å². The normalized spacial score (nSPS) is 10.7.